The van der Waals surface area contributed by atoms with E-state index in [2.05, 4.69) is 37.5 Å². The molecular formula is C21H24FN7O. The van der Waals surface area contributed by atoms with E-state index >= 15 is 0 Å². The van der Waals surface area contributed by atoms with Gasteiger partial charge in [0.2, 0.25) is 0 Å². The van der Waals surface area contributed by atoms with Crippen molar-refractivity contribution >= 4 is 11.7 Å². The molecule has 1 saturated heterocycles. The molecule has 4 rings (SSSR count). The highest BCUT2D eigenvalue weighted by Gasteiger charge is 2.18. The number of pyridine rings is 1. The Balaban J connectivity index is 1.42. The summed E-state index contributed by atoms with van der Waals surface area (Å²) in [6.45, 7) is 6.01. The molecule has 1 aliphatic heterocycles. The Morgan fingerprint density at radius 3 is 2.60 bits per heavy atom. The number of halogens is 1. The average Bonchev–Trinajstić information content (AvgIpc) is 3.15. The molecule has 0 spiro atoms. The number of likely N-dealkylation sites (N-methyl/N-ethyl adjacent to an activating group) is 1. The molecule has 1 N–H and O–H groups in total. The first-order chi connectivity index (χ1) is 14.5. The molecule has 9 heteroatoms. The van der Waals surface area contributed by atoms with E-state index in [9.17, 15) is 9.18 Å². The summed E-state index contributed by atoms with van der Waals surface area (Å²) in [5.74, 6) is 0.287. The lowest BCUT2D eigenvalue weighted by Gasteiger charge is -2.33. The van der Waals surface area contributed by atoms with Crippen LogP contribution in [-0.2, 0) is 6.54 Å². The molecule has 3 heterocycles. The third-order valence-electron chi connectivity index (χ3n) is 5.27. The van der Waals surface area contributed by atoms with E-state index in [0.29, 0.717) is 17.9 Å². The first-order valence-electron chi connectivity index (χ1n) is 9.86. The predicted octanol–water partition coefficient (Wildman–Crippen LogP) is 1.79. The SMILES string of the molecule is Cc1c(C(=O)NCc2ccnc(N3CCN(C)CC3)c2)nnn1-c1ccc(F)cc1. The van der Waals surface area contributed by atoms with Crippen LogP contribution in [0, 0.1) is 12.7 Å². The molecule has 0 bridgehead atoms. The Morgan fingerprint density at radius 2 is 1.87 bits per heavy atom. The standard InChI is InChI=1S/C21H24FN7O/c1-15-20(25-26-29(15)18-5-3-17(22)4-6-18)21(30)24-14-16-7-8-23-19(13-16)28-11-9-27(2)10-12-28/h3-8,13H,9-12,14H2,1-2H3,(H,24,30). The fourth-order valence-corrected chi connectivity index (χ4v) is 3.41. The van der Waals surface area contributed by atoms with Gasteiger partial charge < -0.3 is 15.1 Å². The van der Waals surface area contributed by atoms with Crippen molar-refractivity contribution in [1.29, 1.82) is 0 Å². The maximum Gasteiger partial charge on any atom is 0.274 e. The molecule has 3 aromatic rings. The monoisotopic (exact) mass is 409 g/mol. The lowest BCUT2D eigenvalue weighted by Crippen LogP contribution is -2.44. The molecule has 0 unspecified atom stereocenters. The zero-order valence-electron chi connectivity index (χ0n) is 17.0. The van der Waals surface area contributed by atoms with E-state index in [0.717, 1.165) is 37.6 Å². The fraction of sp³-hybridized carbons (Fsp3) is 0.333. The van der Waals surface area contributed by atoms with Crippen molar-refractivity contribution in [3.8, 4) is 5.69 Å². The Kier molecular flexibility index (Phi) is 5.71. The molecule has 0 radical (unpaired) electrons. The number of amides is 1. The van der Waals surface area contributed by atoms with Crippen LogP contribution < -0.4 is 10.2 Å². The Labute approximate surface area is 174 Å². The van der Waals surface area contributed by atoms with Gasteiger partial charge in [0, 0.05) is 38.9 Å². The molecule has 2 aromatic heterocycles. The number of carbonyl (C=O) groups is 1. The maximum absolute atomic E-state index is 13.1. The number of nitrogens with zero attached hydrogens (tertiary/aromatic N) is 6. The highest BCUT2D eigenvalue weighted by molar-refractivity contribution is 5.93. The fourth-order valence-electron chi connectivity index (χ4n) is 3.41. The quantitative estimate of drug-likeness (QED) is 0.692. The normalized spacial score (nSPS) is 14.7. The van der Waals surface area contributed by atoms with Gasteiger partial charge in [0.1, 0.15) is 11.6 Å². The number of aromatic nitrogens is 4. The second-order valence-electron chi connectivity index (χ2n) is 7.41. The van der Waals surface area contributed by atoms with E-state index in [-0.39, 0.29) is 17.4 Å². The van der Waals surface area contributed by atoms with Crippen LogP contribution in [-0.4, -0.2) is 64.0 Å². The third kappa shape index (κ3) is 4.30. The number of hydrogen-bond acceptors (Lipinski definition) is 6. The van der Waals surface area contributed by atoms with Crippen LogP contribution in [0.15, 0.2) is 42.6 Å². The first-order valence-corrected chi connectivity index (χ1v) is 9.86. The molecule has 0 atom stereocenters. The molecule has 30 heavy (non-hydrogen) atoms. The Bertz CT molecular complexity index is 1030. The third-order valence-corrected chi connectivity index (χ3v) is 5.27. The van der Waals surface area contributed by atoms with Crippen LogP contribution in [0.5, 0.6) is 0 Å². The van der Waals surface area contributed by atoms with Crippen LogP contribution in [0.1, 0.15) is 21.7 Å². The lowest BCUT2D eigenvalue weighted by molar-refractivity contribution is 0.0945. The van der Waals surface area contributed by atoms with Gasteiger partial charge in [0.05, 0.1) is 11.4 Å². The molecule has 1 amide bonds. The van der Waals surface area contributed by atoms with Crippen LogP contribution in [0.3, 0.4) is 0 Å². The Hall–Kier alpha value is -3.33. The van der Waals surface area contributed by atoms with Gasteiger partial charge in [-0.25, -0.2) is 14.1 Å². The summed E-state index contributed by atoms with van der Waals surface area (Å²) in [6, 6.07) is 9.77. The van der Waals surface area contributed by atoms with Crippen molar-refractivity contribution in [2.24, 2.45) is 0 Å². The summed E-state index contributed by atoms with van der Waals surface area (Å²) in [5.41, 5.74) is 2.45. The van der Waals surface area contributed by atoms with Crippen molar-refractivity contribution in [2.75, 3.05) is 38.1 Å². The summed E-state index contributed by atoms with van der Waals surface area (Å²) >= 11 is 0. The number of carbonyl (C=O) groups excluding carboxylic acids is 1. The van der Waals surface area contributed by atoms with E-state index in [1.165, 1.54) is 16.8 Å². The highest BCUT2D eigenvalue weighted by Crippen LogP contribution is 2.16. The minimum Gasteiger partial charge on any atom is -0.354 e. The van der Waals surface area contributed by atoms with Crippen molar-refractivity contribution in [3.05, 3.63) is 65.4 Å². The first kappa shape index (κ1) is 20.0. The molecule has 0 aliphatic carbocycles. The Morgan fingerprint density at radius 1 is 1.13 bits per heavy atom. The molecule has 1 fully saturated rings. The van der Waals surface area contributed by atoms with Gasteiger partial charge in [-0.1, -0.05) is 5.21 Å². The topological polar surface area (TPSA) is 79.2 Å². The smallest absolute Gasteiger partial charge is 0.274 e. The summed E-state index contributed by atoms with van der Waals surface area (Å²) in [4.78, 5) is 21.7. The van der Waals surface area contributed by atoms with E-state index in [1.54, 1.807) is 25.3 Å². The molecule has 8 nitrogen and oxygen atoms in total. The van der Waals surface area contributed by atoms with Gasteiger partial charge in [-0.05, 0) is 55.9 Å². The molecule has 156 valence electrons. The summed E-state index contributed by atoms with van der Waals surface area (Å²) in [7, 11) is 2.12. The van der Waals surface area contributed by atoms with Gasteiger partial charge >= 0.3 is 0 Å². The molecular weight excluding hydrogens is 385 g/mol. The average molecular weight is 409 g/mol. The predicted molar refractivity (Wildman–Crippen MR) is 111 cm³/mol. The van der Waals surface area contributed by atoms with Gasteiger partial charge in [-0.15, -0.1) is 5.10 Å². The van der Waals surface area contributed by atoms with Crippen molar-refractivity contribution in [1.82, 2.24) is 30.2 Å². The van der Waals surface area contributed by atoms with E-state index < -0.39 is 0 Å². The van der Waals surface area contributed by atoms with E-state index in [4.69, 9.17) is 0 Å². The van der Waals surface area contributed by atoms with Gasteiger partial charge in [0.25, 0.3) is 5.91 Å². The van der Waals surface area contributed by atoms with Gasteiger partial charge in [0.15, 0.2) is 5.69 Å². The second-order valence-corrected chi connectivity index (χ2v) is 7.41. The molecule has 1 aromatic carbocycles. The minimum absolute atomic E-state index is 0.243. The number of nitrogens with one attached hydrogen (secondary N) is 1. The van der Waals surface area contributed by atoms with Crippen LogP contribution in [0.4, 0.5) is 10.2 Å². The van der Waals surface area contributed by atoms with Crippen molar-refractivity contribution in [3.63, 3.8) is 0 Å². The second kappa shape index (κ2) is 8.58. The lowest BCUT2D eigenvalue weighted by atomic mass is 10.2. The maximum atomic E-state index is 13.1. The van der Waals surface area contributed by atoms with Crippen LogP contribution in [0.25, 0.3) is 5.69 Å². The van der Waals surface area contributed by atoms with E-state index in [1.807, 2.05) is 12.1 Å². The number of hydrogen-bond donors (Lipinski definition) is 1. The molecule has 0 saturated carbocycles. The largest absolute Gasteiger partial charge is 0.354 e. The zero-order chi connectivity index (χ0) is 21.1. The van der Waals surface area contributed by atoms with Crippen LogP contribution >= 0.6 is 0 Å². The summed E-state index contributed by atoms with van der Waals surface area (Å²) in [5, 5.41) is 10.9. The van der Waals surface area contributed by atoms with Gasteiger partial charge in [-0.3, -0.25) is 4.79 Å². The number of piperazine rings is 1. The zero-order valence-corrected chi connectivity index (χ0v) is 17.0. The van der Waals surface area contributed by atoms with Crippen molar-refractivity contribution in [2.45, 2.75) is 13.5 Å². The summed E-state index contributed by atoms with van der Waals surface area (Å²) in [6.07, 6.45) is 1.77. The van der Waals surface area contributed by atoms with Crippen molar-refractivity contribution < 1.29 is 9.18 Å². The van der Waals surface area contributed by atoms with Crippen LogP contribution in [0.2, 0.25) is 0 Å². The number of rotatable bonds is 5. The number of anilines is 1. The minimum atomic E-state index is -0.331. The molecule has 1 aliphatic rings. The number of benzene rings is 1. The highest BCUT2D eigenvalue weighted by atomic mass is 19.1. The van der Waals surface area contributed by atoms with Gasteiger partial charge in [-0.2, -0.15) is 0 Å². The summed E-state index contributed by atoms with van der Waals surface area (Å²) < 4.78 is 14.7.